The number of hydrogen-bond acceptors (Lipinski definition) is 3. The molecule has 0 aliphatic rings. The number of nitrogens with zero attached hydrogens (tertiary/aromatic N) is 3. The maximum atomic E-state index is 7.43. The highest BCUT2D eigenvalue weighted by molar-refractivity contribution is 9.10. The van der Waals surface area contributed by atoms with Crippen molar-refractivity contribution in [3.8, 4) is 5.69 Å². The average molecular weight is 316 g/mol. The van der Waals surface area contributed by atoms with E-state index in [4.69, 9.17) is 11.1 Å². The summed E-state index contributed by atoms with van der Waals surface area (Å²) in [5, 5.41) is 15.7. The summed E-state index contributed by atoms with van der Waals surface area (Å²) in [4.78, 5) is 0. The van der Waals surface area contributed by atoms with E-state index < -0.39 is 0 Å². The molecule has 1 aromatic heterocycles. The molecule has 0 unspecified atom stereocenters. The Balaban J connectivity index is 2.19. The molecule has 0 aliphatic heterocycles. The number of rotatable bonds is 2. The maximum Gasteiger partial charge on any atom is 0.122 e. The molecule has 0 amide bonds. The van der Waals surface area contributed by atoms with Crippen LogP contribution in [0.1, 0.15) is 5.56 Å². The Kier molecular flexibility index (Phi) is 2.79. The summed E-state index contributed by atoms with van der Waals surface area (Å²) >= 11 is 3.48. The highest BCUT2D eigenvalue weighted by Gasteiger charge is 2.10. The minimum absolute atomic E-state index is 0.0377. The number of aromatic nitrogens is 3. The standard InChI is InChI=1S/C13H10BrN5/c14-9-7-8(13(15)16)5-6-11(9)19-12-4-2-1-3-10(12)17-18-19/h1-7H,(H3,15,16). The Labute approximate surface area is 117 Å². The highest BCUT2D eigenvalue weighted by Crippen LogP contribution is 2.24. The van der Waals surface area contributed by atoms with E-state index in [0.29, 0.717) is 5.56 Å². The molecule has 0 radical (unpaired) electrons. The number of nitrogens with two attached hydrogens (primary N) is 1. The number of halogens is 1. The van der Waals surface area contributed by atoms with Crippen LogP contribution in [-0.2, 0) is 0 Å². The first-order chi connectivity index (χ1) is 9.16. The SMILES string of the molecule is N=C(N)c1ccc(-n2nnc3ccccc32)c(Br)c1. The summed E-state index contributed by atoms with van der Waals surface area (Å²) in [6.45, 7) is 0. The van der Waals surface area contributed by atoms with Gasteiger partial charge < -0.3 is 5.73 Å². The molecule has 2 aromatic carbocycles. The molecule has 0 atom stereocenters. The molecule has 3 rings (SSSR count). The fourth-order valence-electron chi connectivity index (χ4n) is 1.89. The second kappa shape index (κ2) is 4.47. The lowest BCUT2D eigenvalue weighted by molar-refractivity contribution is 0.821. The van der Waals surface area contributed by atoms with Crippen LogP contribution in [0.15, 0.2) is 46.9 Å². The van der Waals surface area contributed by atoms with Crippen molar-refractivity contribution in [3.05, 3.63) is 52.5 Å². The van der Waals surface area contributed by atoms with Gasteiger partial charge >= 0.3 is 0 Å². The van der Waals surface area contributed by atoms with Gasteiger partial charge in [0.2, 0.25) is 0 Å². The minimum Gasteiger partial charge on any atom is -0.384 e. The predicted molar refractivity (Wildman–Crippen MR) is 77.6 cm³/mol. The van der Waals surface area contributed by atoms with Crippen molar-refractivity contribution in [2.24, 2.45) is 5.73 Å². The van der Waals surface area contributed by atoms with Gasteiger partial charge in [-0.25, -0.2) is 4.68 Å². The zero-order chi connectivity index (χ0) is 13.4. The van der Waals surface area contributed by atoms with Gasteiger partial charge in [-0.2, -0.15) is 0 Å². The first-order valence-electron chi connectivity index (χ1n) is 5.61. The number of hydrogen-bond donors (Lipinski definition) is 2. The van der Waals surface area contributed by atoms with Crippen molar-refractivity contribution in [1.29, 1.82) is 5.41 Å². The number of amidine groups is 1. The molecule has 0 saturated carbocycles. The van der Waals surface area contributed by atoms with E-state index in [0.717, 1.165) is 21.2 Å². The van der Waals surface area contributed by atoms with E-state index in [1.165, 1.54) is 0 Å². The van der Waals surface area contributed by atoms with Crippen LogP contribution in [0.3, 0.4) is 0 Å². The minimum atomic E-state index is 0.0377. The van der Waals surface area contributed by atoms with Gasteiger partial charge in [0, 0.05) is 10.0 Å². The lowest BCUT2D eigenvalue weighted by Gasteiger charge is -2.07. The third kappa shape index (κ3) is 2.00. The molecule has 0 fully saturated rings. The van der Waals surface area contributed by atoms with Gasteiger partial charge in [0.05, 0.1) is 11.2 Å². The van der Waals surface area contributed by atoms with E-state index in [9.17, 15) is 0 Å². The van der Waals surface area contributed by atoms with Crippen molar-refractivity contribution >= 4 is 32.8 Å². The third-order valence-corrected chi connectivity index (χ3v) is 3.47. The molecule has 5 nitrogen and oxygen atoms in total. The summed E-state index contributed by atoms with van der Waals surface area (Å²) in [5.74, 6) is 0.0377. The van der Waals surface area contributed by atoms with Crippen LogP contribution in [0.4, 0.5) is 0 Å². The summed E-state index contributed by atoms with van der Waals surface area (Å²) in [7, 11) is 0. The van der Waals surface area contributed by atoms with Crippen LogP contribution in [-0.4, -0.2) is 20.8 Å². The van der Waals surface area contributed by atoms with Crippen molar-refractivity contribution in [2.75, 3.05) is 0 Å². The lowest BCUT2D eigenvalue weighted by atomic mass is 10.2. The molecule has 3 N–H and O–H groups in total. The van der Waals surface area contributed by atoms with Gasteiger partial charge in [0.1, 0.15) is 11.4 Å². The quantitative estimate of drug-likeness (QED) is 0.563. The van der Waals surface area contributed by atoms with Crippen LogP contribution in [0, 0.1) is 5.41 Å². The molecule has 6 heteroatoms. The fourth-order valence-corrected chi connectivity index (χ4v) is 2.44. The zero-order valence-corrected chi connectivity index (χ0v) is 11.4. The van der Waals surface area contributed by atoms with Crippen LogP contribution in [0.25, 0.3) is 16.7 Å². The molecule has 94 valence electrons. The van der Waals surface area contributed by atoms with E-state index in [2.05, 4.69) is 26.2 Å². The molecule has 0 bridgehead atoms. The van der Waals surface area contributed by atoms with E-state index >= 15 is 0 Å². The molecular weight excluding hydrogens is 306 g/mol. The van der Waals surface area contributed by atoms with E-state index in [-0.39, 0.29) is 5.84 Å². The van der Waals surface area contributed by atoms with Crippen LogP contribution < -0.4 is 5.73 Å². The summed E-state index contributed by atoms with van der Waals surface area (Å²) in [5.41, 5.74) is 8.76. The number of benzene rings is 2. The molecule has 19 heavy (non-hydrogen) atoms. The van der Waals surface area contributed by atoms with Crippen LogP contribution in [0.2, 0.25) is 0 Å². The molecule has 1 heterocycles. The summed E-state index contributed by atoms with van der Waals surface area (Å²) in [6.07, 6.45) is 0. The van der Waals surface area contributed by atoms with Crippen LogP contribution >= 0.6 is 15.9 Å². The van der Waals surface area contributed by atoms with Crippen molar-refractivity contribution < 1.29 is 0 Å². The second-order valence-electron chi connectivity index (χ2n) is 4.07. The fraction of sp³-hybridized carbons (Fsp3) is 0. The lowest BCUT2D eigenvalue weighted by Crippen LogP contribution is -2.11. The first-order valence-corrected chi connectivity index (χ1v) is 6.41. The predicted octanol–water partition coefficient (Wildman–Crippen LogP) is 2.47. The van der Waals surface area contributed by atoms with Gasteiger partial charge in [0.25, 0.3) is 0 Å². The maximum absolute atomic E-state index is 7.43. The molecule has 3 aromatic rings. The molecular formula is C13H10BrN5. The molecule has 0 aliphatic carbocycles. The Morgan fingerprint density at radius 1 is 1.21 bits per heavy atom. The second-order valence-corrected chi connectivity index (χ2v) is 4.92. The Bertz CT molecular complexity index is 778. The topological polar surface area (TPSA) is 80.6 Å². The number of nitrogens with one attached hydrogen (secondary N) is 1. The van der Waals surface area contributed by atoms with Gasteiger partial charge in [-0.1, -0.05) is 17.3 Å². The smallest absolute Gasteiger partial charge is 0.122 e. The van der Waals surface area contributed by atoms with Crippen LogP contribution in [0.5, 0.6) is 0 Å². The first kappa shape index (κ1) is 11.9. The Hall–Kier alpha value is -2.21. The summed E-state index contributed by atoms with van der Waals surface area (Å²) < 4.78 is 2.57. The number of nitrogen functional groups attached to an aromatic ring is 1. The van der Waals surface area contributed by atoms with Crippen molar-refractivity contribution in [1.82, 2.24) is 15.0 Å². The van der Waals surface area contributed by atoms with E-state index in [1.807, 2.05) is 30.3 Å². The average Bonchev–Trinajstić information content (AvgIpc) is 2.82. The highest BCUT2D eigenvalue weighted by atomic mass is 79.9. The number of fused-ring (bicyclic) bond motifs is 1. The monoisotopic (exact) mass is 315 g/mol. The molecule has 0 saturated heterocycles. The van der Waals surface area contributed by atoms with Gasteiger partial charge in [-0.3, -0.25) is 5.41 Å². The number of para-hydroxylation sites is 1. The Morgan fingerprint density at radius 3 is 2.74 bits per heavy atom. The Morgan fingerprint density at radius 2 is 2.00 bits per heavy atom. The zero-order valence-electron chi connectivity index (χ0n) is 9.84. The molecule has 0 spiro atoms. The third-order valence-electron chi connectivity index (χ3n) is 2.84. The van der Waals surface area contributed by atoms with Gasteiger partial charge in [-0.05, 0) is 46.3 Å². The van der Waals surface area contributed by atoms with Gasteiger partial charge in [0.15, 0.2) is 0 Å². The van der Waals surface area contributed by atoms with Crippen molar-refractivity contribution in [3.63, 3.8) is 0 Å². The normalized spacial score (nSPS) is 10.8. The van der Waals surface area contributed by atoms with E-state index in [1.54, 1.807) is 16.8 Å². The summed E-state index contributed by atoms with van der Waals surface area (Å²) in [6, 6.07) is 13.2. The van der Waals surface area contributed by atoms with Gasteiger partial charge in [-0.15, -0.1) is 5.10 Å². The largest absolute Gasteiger partial charge is 0.384 e. The van der Waals surface area contributed by atoms with Crippen molar-refractivity contribution in [2.45, 2.75) is 0 Å².